The van der Waals surface area contributed by atoms with Crippen molar-refractivity contribution in [2.45, 2.75) is 5.92 Å². The van der Waals surface area contributed by atoms with E-state index in [1.165, 1.54) is 0 Å². The van der Waals surface area contributed by atoms with Crippen molar-refractivity contribution in [1.29, 1.82) is 0 Å². The zero-order valence-corrected chi connectivity index (χ0v) is 8.34. The Hall–Kier alpha value is -0.950. The van der Waals surface area contributed by atoms with Crippen LogP contribution in [0.4, 0.5) is 0 Å². The molecule has 0 aromatic heterocycles. The molecule has 0 amide bonds. The molecular weight excluding hydrogens is 184 g/mol. The molecule has 0 fully saturated rings. The van der Waals surface area contributed by atoms with Gasteiger partial charge in [0, 0.05) is 5.92 Å². The first-order valence-corrected chi connectivity index (χ1v) is 4.36. The summed E-state index contributed by atoms with van der Waals surface area (Å²) in [5, 5.41) is 0.607. The van der Waals surface area contributed by atoms with Crippen LogP contribution in [0.5, 0.6) is 5.75 Å². The molecule has 0 saturated heterocycles. The molecule has 0 saturated carbocycles. The Kier molecular flexibility index (Phi) is 3.38. The zero-order valence-electron chi connectivity index (χ0n) is 7.59. The van der Waals surface area contributed by atoms with Crippen LogP contribution in [0.2, 0.25) is 5.02 Å². The largest absolute Gasteiger partial charge is 0.495 e. The lowest BCUT2D eigenvalue weighted by Crippen LogP contribution is -1.90. The van der Waals surface area contributed by atoms with Gasteiger partial charge in [-0.15, -0.1) is 6.58 Å². The minimum Gasteiger partial charge on any atom is -0.495 e. The van der Waals surface area contributed by atoms with E-state index < -0.39 is 0 Å². The van der Waals surface area contributed by atoms with Gasteiger partial charge in [-0.3, -0.25) is 0 Å². The molecule has 1 atom stereocenters. The molecule has 1 rings (SSSR count). The van der Waals surface area contributed by atoms with Gasteiger partial charge in [-0.25, -0.2) is 0 Å². The van der Waals surface area contributed by atoms with Gasteiger partial charge >= 0.3 is 0 Å². The summed E-state index contributed by atoms with van der Waals surface area (Å²) in [6.45, 7) is 7.58. The van der Waals surface area contributed by atoms with Crippen molar-refractivity contribution in [1.82, 2.24) is 0 Å². The maximum Gasteiger partial charge on any atom is 0.137 e. The molecular formula is C11H12ClO. The van der Waals surface area contributed by atoms with E-state index >= 15 is 0 Å². The number of allylic oxidation sites excluding steroid dienone is 1. The highest BCUT2D eigenvalue weighted by atomic mass is 35.5. The highest BCUT2D eigenvalue weighted by Crippen LogP contribution is 2.28. The molecule has 0 aliphatic heterocycles. The average molecular weight is 196 g/mol. The molecule has 0 aliphatic carbocycles. The fraction of sp³-hybridized carbons (Fsp3) is 0.182. The summed E-state index contributed by atoms with van der Waals surface area (Å²) in [6.07, 6.45) is 1.78. The molecule has 1 nitrogen and oxygen atoms in total. The van der Waals surface area contributed by atoms with Crippen LogP contribution in [0.15, 0.2) is 30.9 Å². The Balaban J connectivity index is 3.02. The predicted molar refractivity (Wildman–Crippen MR) is 56.3 cm³/mol. The van der Waals surface area contributed by atoms with E-state index in [-0.39, 0.29) is 5.92 Å². The molecule has 69 valence electrons. The number of halogens is 1. The first kappa shape index (κ1) is 10.1. The predicted octanol–water partition coefficient (Wildman–Crippen LogP) is 3.45. The van der Waals surface area contributed by atoms with E-state index in [0.717, 1.165) is 5.56 Å². The Bertz CT molecular complexity index is 307. The Morgan fingerprint density at radius 3 is 2.69 bits per heavy atom. The Morgan fingerprint density at radius 1 is 1.54 bits per heavy atom. The van der Waals surface area contributed by atoms with Gasteiger partial charge in [-0.1, -0.05) is 23.7 Å². The fourth-order valence-corrected chi connectivity index (χ4v) is 1.32. The topological polar surface area (TPSA) is 9.23 Å². The van der Waals surface area contributed by atoms with Crippen molar-refractivity contribution < 1.29 is 4.74 Å². The van der Waals surface area contributed by atoms with Crippen LogP contribution in [-0.4, -0.2) is 7.11 Å². The number of hydrogen-bond donors (Lipinski definition) is 0. The van der Waals surface area contributed by atoms with Crippen LogP contribution >= 0.6 is 11.6 Å². The van der Waals surface area contributed by atoms with Gasteiger partial charge < -0.3 is 4.74 Å². The quantitative estimate of drug-likeness (QED) is 0.672. The molecule has 0 spiro atoms. The first-order valence-electron chi connectivity index (χ1n) is 3.98. The minimum atomic E-state index is 0.0726. The molecule has 1 aromatic rings. The normalized spacial score (nSPS) is 12.2. The van der Waals surface area contributed by atoms with Gasteiger partial charge in [0.1, 0.15) is 5.75 Å². The summed E-state index contributed by atoms with van der Waals surface area (Å²) in [6, 6.07) is 5.61. The lowest BCUT2D eigenvalue weighted by Gasteiger charge is -2.08. The fourth-order valence-electron chi connectivity index (χ4n) is 1.05. The maximum atomic E-state index is 5.94. The summed E-state index contributed by atoms with van der Waals surface area (Å²) in [5.74, 6) is 0.755. The summed E-state index contributed by atoms with van der Waals surface area (Å²) in [4.78, 5) is 0. The van der Waals surface area contributed by atoms with Crippen LogP contribution in [-0.2, 0) is 0 Å². The van der Waals surface area contributed by atoms with Gasteiger partial charge in [-0.05, 0) is 24.6 Å². The smallest absolute Gasteiger partial charge is 0.137 e. The standard InChI is InChI=1S/C11H12ClO/c1-4-8(2)9-5-6-11(13-3)10(12)7-9/h4-8H,1-2H2,3H3. The van der Waals surface area contributed by atoms with Crippen molar-refractivity contribution in [3.8, 4) is 5.75 Å². The second-order valence-electron chi connectivity index (χ2n) is 2.74. The minimum absolute atomic E-state index is 0.0726. The summed E-state index contributed by atoms with van der Waals surface area (Å²) in [5.41, 5.74) is 1.04. The van der Waals surface area contributed by atoms with Crippen molar-refractivity contribution in [3.63, 3.8) is 0 Å². The molecule has 13 heavy (non-hydrogen) atoms. The number of methoxy groups -OCH3 is 1. The van der Waals surface area contributed by atoms with Crippen LogP contribution < -0.4 is 4.74 Å². The molecule has 0 bridgehead atoms. The van der Waals surface area contributed by atoms with Gasteiger partial charge in [-0.2, -0.15) is 0 Å². The van der Waals surface area contributed by atoms with Gasteiger partial charge in [0.15, 0.2) is 0 Å². The van der Waals surface area contributed by atoms with Gasteiger partial charge in [0.05, 0.1) is 12.1 Å². The van der Waals surface area contributed by atoms with Crippen LogP contribution in [0.3, 0.4) is 0 Å². The van der Waals surface area contributed by atoms with Crippen LogP contribution in [0, 0.1) is 6.92 Å². The summed E-state index contributed by atoms with van der Waals surface area (Å²) in [7, 11) is 1.59. The lowest BCUT2D eigenvalue weighted by molar-refractivity contribution is 0.415. The molecule has 0 aliphatic rings. The van der Waals surface area contributed by atoms with E-state index in [4.69, 9.17) is 16.3 Å². The molecule has 1 unspecified atom stereocenters. The van der Waals surface area contributed by atoms with Crippen LogP contribution in [0.25, 0.3) is 0 Å². The molecule has 2 heteroatoms. The monoisotopic (exact) mass is 195 g/mol. The lowest BCUT2D eigenvalue weighted by atomic mass is 10.0. The SMILES string of the molecule is [CH2]C(C=C)c1ccc(OC)c(Cl)c1. The number of hydrogen-bond acceptors (Lipinski definition) is 1. The molecule has 0 heterocycles. The van der Waals surface area contributed by atoms with Crippen molar-refractivity contribution in [2.24, 2.45) is 0 Å². The van der Waals surface area contributed by atoms with E-state index in [1.54, 1.807) is 13.2 Å². The van der Waals surface area contributed by atoms with Gasteiger partial charge in [0.2, 0.25) is 0 Å². The van der Waals surface area contributed by atoms with Crippen molar-refractivity contribution >= 4 is 11.6 Å². The average Bonchev–Trinajstić information content (AvgIpc) is 2.16. The molecule has 1 radical (unpaired) electrons. The third-order valence-corrected chi connectivity index (χ3v) is 2.18. The zero-order chi connectivity index (χ0) is 9.84. The first-order chi connectivity index (χ1) is 6.19. The Morgan fingerprint density at radius 2 is 2.23 bits per heavy atom. The molecule has 0 N–H and O–H groups in total. The summed E-state index contributed by atoms with van der Waals surface area (Å²) < 4.78 is 5.04. The van der Waals surface area contributed by atoms with E-state index in [2.05, 4.69) is 13.5 Å². The highest BCUT2D eigenvalue weighted by molar-refractivity contribution is 6.32. The number of rotatable bonds is 3. The third kappa shape index (κ3) is 2.25. The van der Waals surface area contributed by atoms with E-state index in [0.29, 0.717) is 10.8 Å². The van der Waals surface area contributed by atoms with Crippen molar-refractivity contribution in [3.05, 3.63) is 48.4 Å². The second kappa shape index (κ2) is 4.33. The third-order valence-electron chi connectivity index (χ3n) is 1.89. The number of ether oxygens (including phenoxy) is 1. The maximum absolute atomic E-state index is 5.94. The van der Waals surface area contributed by atoms with Gasteiger partial charge in [0.25, 0.3) is 0 Å². The Labute approximate surface area is 84.0 Å². The highest BCUT2D eigenvalue weighted by Gasteiger charge is 2.05. The van der Waals surface area contributed by atoms with Crippen LogP contribution in [0.1, 0.15) is 11.5 Å². The molecule has 1 aromatic carbocycles. The summed E-state index contributed by atoms with van der Waals surface area (Å²) >= 11 is 5.94. The van der Waals surface area contributed by atoms with E-state index in [9.17, 15) is 0 Å². The second-order valence-corrected chi connectivity index (χ2v) is 3.14. The van der Waals surface area contributed by atoms with E-state index in [1.807, 2.05) is 18.2 Å². The van der Waals surface area contributed by atoms with Crippen molar-refractivity contribution in [2.75, 3.05) is 7.11 Å². The number of benzene rings is 1.